The second-order valence-electron chi connectivity index (χ2n) is 4.74. The van der Waals surface area contributed by atoms with Crippen molar-refractivity contribution in [2.45, 2.75) is 52.6 Å². The molecule has 1 amide bonds. The highest BCUT2D eigenvalue weighted by Gasteiger charge is 2.22. The molecule has 2 unspecified atom stereocenters. The summed E-state index contributed by atoms with van der Waals surface area (Å²) in [4.78, 5) is 13.6. The van der Waals surface area contributed by atoms with Gasteiger partial charge in [0.15, 0.2) is 9.84 Å². The lowest BCUT2D eigenvalue weighted by Crippen LogP contribution is -2.42. The van der Waals surface area contributed by atoms with Crippen molar-refractivity contribution in [2.75, 3.05) is 18.1 Å². The maximum Gasteiger partial charge on any atom is 0.222 e. The van der Waals surface area contributed by atoms with Crippen molar-refractivity contribution in [1.82, 2.24) is 4.90 Å². The third kappa shape index (κ3) is 6.35. The van der Waals surface area contributed by atoms with Crippen LogP contribution >= 0.6 is 0 Å². The minimum absolute atomic E-state index is 0.0117. The summed E-state index contributed by atoms with van der Waals surface area (Å²) >= 11 is 0. The van der Waals surface area contributed by atoms with E-state index in [1.165, 1.54) is 0 Å². The molecule has 0 saturated heterocycles. The topological polar surface area (TPSA) is 80.5 Å². The van der Waals surface area contributed by atoms with Crippen molar-refractivity contribution >= 4 is 15.7 Å². The van der Waals surface area contributed by atoms with Crippen molar-refractivity contribution in [2.24, 2.45) is 5.73 Å². The molecule has 0 aromatic rings. The number of rotatable bonds is 8. The fraction of sp³-hybridized carbons (Fsp3) is 0.917. The Hall–Kier alpha value is -0.620. The lowest BCUT2D eigenvalue weighted by atomic mass is 10.1. The molecule has 2 atom stereocenters. The molecule has 0 bridgehead atoms. The molecule has 0 heterocycles. The minimum Gasteiger partial charge on any atom is -0.339 e. The predicted molar refractivity (Wildman–Crippen MR) is 74.1 cm³/mol. The van der Waals surface area contributed by atoms with Crippen LogP contribution in [0.15, 0.2) is 0 Å². The average molecular weight is 278 g/mol. The molecule has 0 aromatic carbocycles. The molecule has 6 heteroatoms. The van der Waals surface area contributed by atoms with Crippen LogP contribution in [0.4, 0.5) is 0 Å². The largest absolute Gasteiger partial charge is 0.339 e. The molecule has 0 fully saturated rings. The van der Waals surface area contributed by atoms with Gasteiger partial charge in [0.2, 0.25) is 5.91 Å². The van der Waals surface area contributed by atoms with Gasteiger partial charge in [-0.2, -0.15) is 0 Å². The summed E-state index contributed by atoms with van der Waals surface area (Å²) in [6.07, 6.45) is 1.00. The summed E-state index contributed by atoms with van der Waals surface area (Å²) in [7, 11) is -3.06. The molecule has 2 N–H and O–H groups in total. The fourth-order valence-corrected chi connectivity index (χ4v) is 2.95. The first-order valence-corrected chi connectivity index (χ1v) is 8.31. The van der Waals surface area contributed by atoms with Crippen LogP contribution in [0.25, 0.3) is 0 Å². The summed E-state index contributed by atoms with van der Waals surface area (Å²) in [5.41, 5.74) is 5.62. The zero-order valence-corrected chi connectivity index (χ0v) is 12.7. The van der Waals surface area contributed by atoms with E-state index in [0.717, 1.165) is 0 Å². The zero-order chi connectivity index (χ0) is 14.3. The Morgan fingerprint density at radius 3 is 2.22 bits per heavy atom. The number of hydrogen-bond acceptors (Lipinski definition) is 4. The first-order valence-electron chi connectivity index (χ1n) is 6.49. The number of nitrogens with two attached hydrogens (primary N) is 1. The van der Waals surface area contributed by atoms with Crippen molar-refractivity contribution < 1.29 is 13.2 Å². The standard InChI is InChI=1S/C12H26N2O3S/c1-5-14(12(15)8-7-10(3)13)11(4)9-18(16,17)6-2/h10-11H,5-9,13H2,1-4H3. The summed E-state index contributed by atoms with van der Waals surface area (Å²) in [5.74, 6) is 0.123. The smallest absolute Gasteiger partial charge is 0.222 e. The van der Waals surface area contributed by atoms with Crippen molar-refractivity contribution in [1.29, 1.82) is 0 Å². The minimum atomic E-state index is -3.06. The normalized spacial score (nSPS) is 15.2. The van der Waals surface area contributed by atoms with Crippen LogP contribution in [0.1, 0.15) is 40.5 Å². The van der Waals surface area contributed by atoms with E-state index in [4.69, 9.17) is 5.73 Å². The number of carbonyl (C=O) groups is 1. The van der Waals surface area contributed by atoms with Crippen LogP contribution in [-0.4, -0.2) is 49.4 Å². The van der Waals surface area contributed by atoms with Gasteiger partial charge >= 0.3 is 0 Å². The first-order chi connectivity index (χ1) is 8.23. The third-order valence-corrected chi connectivity index (χ3v) is 4.81. The first kappa shape index (κ1) is 17.4. The highest BCUT2D eigenvalue weighted by molar-refractivity contribution is 7.91. The van der Waals surface area contributed by atoms with Gasteiger partial charge in [-0.1, -0.05) is 6.92 Å². The van der Waals surface area contributed by atoms with Gasteiger partial charge in [-0.05, 0) is 27.2 Å². The summed E-state index contributed by atoms with van der Waals surface area (Å²) in [6.45, 7) is 7.64. The van der Waals surface area contributed by atoms with Crippen molar-refractivity contribution in [3.63, 3.8) is 0 Å². The predicted octanol–water partition coefficient (Wildman–Crippen LogP) is 0.786. The van der Waals surface area contributed by atoms with Gasteiger partial charge < -0.3 is 10.6 Å². The van der Waals surface area contributed by atoms with Gasteiger partial charge in [0.1, 0.15) is 0 Å². The van der Waals surface area contributed by atoms with E-state index >= 15 is 0 Å². The van der Waals surface area contributed by atoms with Gasteiger partial charge in [-0.3, -0.25) is 4.79 Å². The molecule has 0 rings (SSSR count). The maximum absolute atomic E-state index is 12.0. The molecule has 0 aliphatic heterocycles. The molecule has 108 valence electrons. The molecule has 0 aromatic heterocycles. The highest BCUT2D eigenvalue weighted by Crippen LogP contribution is 2.08. The average Bonchev–Trinajstić information content (AvgIpc) is 2.26. The maximum atomic E-state index is 12.0. The Morgan fingerprint density at radius 1 is 1.28 bits per heavy atom. The lowest BCUT2D eigenvalue weighted by Gasteiger charge is -2.28. The number of sulfone groups is 1. The van der Waals surface area contributed by atoms with Crippen LogP contribution in [0.2, 0.25) is 0 Å². The van der Waals surface area contributed by atoms with Gasteiger partial charge in [0.25, 0.3) is 0 Å². The van der Waals surface area contributed by atoms with Crippen molar-refractivity contribution in [3.8, 4) is 0 Å². The second-order valence-corrected chi connectivity index (χ2v) is 7.14. The van der Waals surface area contributed by atoms with Crippen LogP contribution in [0.5, 0.6) is 0 Å². The fourth-order valence-electron chi connectivity index (χ4n) is 1.80. The molecule has 0 radical (unpaired) electrons. The molecule has 18 heavy (non-hydrogen) atoms. The summed E-state index contributed by atoms with van der Waals surface area (Å²) in [6, 6.07) is -0.289. The van der Waals surface area contributed by atoms with E-state index in [9.17, 15) is 13.2 Å². The van der Waals surface area contributed by atoms with Crippen LogP contribution in [-0.2, 0) is 14.6 Å². The molecule has 0 aliphatic rings. The molecule has 5 nitrogen and oxygen atoms in total. The van der Waals surface area contributed by atoms with Crippen molar-refractivity contribution in [3.05, 3.63) is 0 Å². The van der Waals surface area contributed by atoms with E-state index in [-0.39, 0.29) is 29.5 Å². The number of nitrogens with zero attached hydrogens (tertiary/aromatic N) is 1. The third-order valence-electron chi connectivity index (χ3n) is 2.94. The quantitative estimate of drug-likeness (QED) is 0.711. The van der Waals surface area contributed by atoms with E-state index in [0.29, 0.717) is 19.4 Å². The number of carbonyl (C=O) groups excluding carboxylic acids is 1. The van der Waals surface area contributed by atoms with Crippen LogP contribution in [0, 0.1) is 0 Å². The van der Waals surface area contributed by atoms with E-state index in [1.807, 2.05) is 13.8 Å². The molecule has 0 spiro atoms. The SMILES string of the molecule is CCN(C(=O)CCC(C)N)C(C)CS(=O)(=O)CC. The summed E-state index contributed by atoms with van der Waals surface area (Å²) < 4.78 is 23.1. The van der Waals surface area contributed by atoms with Crippen LogP contribution in [0.3, 0.4) is 0 Å². The Balaban J connectivity index is 4.52. The Bertz CT molecular complexity index is 352. The second kappa shape index (κ2) is 7.74. The summed E-state index contributed by atoms with van der Waals surface area (Å²) in [5, 5.41) is 0. The number of amides is 1. The molecular formula is C12H26N2O3S. The van der Waals surface area contributed by atoms with Gasteiger partial charge in [-0.25, -0.2) is 8.42 Å². The molecule has 0 saturated carbocycles. The van der Waals surface area contributed by atoms with E-state index < -0.39 is 9.84 Å². The Morgan fingerprint density at radius 2 is 1.83 bits per heavy atom. The van der Waals surface area contributed by atoms with Crippen LogP contribution < -0.4 is 5.73 Å². The van der Waals surface area contributed by atoms with E-state index in [1.54, 1.807) is 18.7 Å². The monoisotopic (exact) mass is 278 g/mol. The number of hydrogen-bond donors (Lipinski definition) is 1. The van der Waals surface area contributed by atoms with Gasteiger partial charge in [0, 0.05) is 30.8 Å². The molecular weight excluding hydrogens is 252 g/mol. The molecule has 0 aliphatic carbocycles. The lowest BCUT2D eigenvalue weighted by molar-refractivity contribution is -0.132. The Kier molecular flexibility index (Phi) is 7.47. The zero-order valence-electron chi connectivity index (χ0n) is 11.8. The highest BCUT2D eigenvalue weighted by atomic mass is 32.2. The van der Waals surface area contributed by atoms with Gasteiger partial charge in [0.05, 0.1) is 5.75 Å². The Labute approximate surface area is 111 Å². The van der Waals surface area contributed by atoms with E-state index in [2.05, 4.69) is 0 Å². The van der Waals surface area contributed by atoms with Gasteiger partial charge in [-0.15, -0.1) is 0 Å².